The van der Waals surface area contributed by atoms with E-state index in [-0.39, 0.29) is 11.8 Å². The molecule has 2 heterocycles. The molecule has 0 saturated heterocycles. The zero-order valence-corrected chi connectivity index (χ0v) is 21.4. The molecule has 38 heavy (non-hydrogen) atoms. The minimum Gasteiger partial charge on any atom is -0.497 e. The van der Waals surface area contributed by atoms with E-state index in [1.807, 2.05) is 111 Å². The van der Waals surface area contributed by atoms with Gasteiger partial charge in [-0.25, -0.2) is 0 Å². The van der Waals surface area contributed by atoms with Gasteiger partial charge >= 0.3 is 0 Å². The van der Waals surface area contributed by atoms with E-state index >= 15 is 0 Å². The number of aryl methyl sites for hydroxylation is 2. The molecule has 0 aliphatic carbocycles. The van der Waals surface area contributed by atoms with Crippen LogP contribution in [0.4, 0.5) is 11.4 Å². The van der Waals surface area contributed by atoms with Gasteiger partial charge in [0.15, 0.2) is 0 Å². The molecule has 186 valence electrons. The summed E-state index contributed by atoms with van der Waals surface area (Å²) in [6.07, 6.45) is 0. The molecule has 4 aromatic carbocycles. The summed E-state index contributed by atoms with van der Waals surface area (Å²) < 4.78 is 5.35. The highest BCUT2D eigenvalue weighted by molar-refractivity contribution is 6.43. The summed E-state index contributed by atoms with van der Waals surface area (Å²) in [5, 5.41) is 0. The van der Waals surface area contributed by atoms with E-state index in [2.05, 4.69) is 6.07 Å². The molecule has 0 spiro atoms. The Balaban J connectivity index is 1.68. The smallest absolute Gasteiger partial charge is 0.265 e. The van der Waals surface area contributed by atoms with Crippen molar-refractivity contribution in [2.24, 2.45) is 0 Å². The van der Waals surface area contributed by atoms with Crippen molar-refractivity contribution in [3.8, 4) is 5.75 Å². The molecular weight excluding hydrogens is 472 g/mol. The van der Waals surface area contributed by atoms with Crippen LogP contribution in [0.25, 0.3) is 11.1 Å². The fourth-order valence-electron chi connectivity index (χ4n) is 5.30. The first kappa shape index (κ1) is 23.5. The number of carbonyl (C=O) groups is 2. The largest absolute Gasteiger partial charge is 0.497 e. The molecule has 0 radical (unpaired) electrons. The first-order valence-corrected chi connectivity index (χ1v) is 12.5. The second-order valence-electron chi connectivity index (χ2n) is 9.45. The molecule has 5 nitrogen and oxygen atoms in total. The minimum atomic E-state index is -0.179. The molecule has 2 aliphatic heterocycles. The van der Waals surface area contributed by atoms with Crippen molar-refractivity contribution in [3.63, 3.8) is 0 Å². The standard InChI is InChI=1S/C33H26N2O3/c1-21-14-19-27(22(2)20-21)35-31-29(24-12-8-5-9-13-24)32(36)34(25-15-17-26(38-3)18-16-25)30(31)28(33(35)37)23-10-6-4-7-11-23/h4-20H,1-3H3. The highest BCUT2D eigenvalue weighted by Gasteiger charge is 2.49. The lowest BCUT2D eigenvalue weighted by Crippen LogP contribution is -2.27. The molecule has 6 rings (SSSR count). The quantitative estimate of drug-likeness (QED) is 0.314. The number of hydrogen-bond donors (Lipinski definition) is 0. The van der Waals surface area contributed by atoms with Gasteiger partial charge < -0.3 is 4.74 Å². The number of methoxy groups -OCH3 is 1. The van der Waals surface area contributed by atoms with Gasteiger partial charge in [0.05, 0.1) is 35.3 Å². The van der Waals surface area contributed by atoms with Crippen molar-refractivity contribution in [2.45, 2.75) is 13.8 Å². The minimum absolute atomic E-state index is 0.160. The zero-order valence-electron chi connectivity index (χ0n) is 21.4. The lowest BCUT2D eigenvalue weighted by molar-refractivity contribution is -0.112. The summed E-state index contributed by atoms with van der Waals surface area (Å²) in [5.74, 6) is 0.350. The Hall–Kier alpha value is -4.90. The lowest BCUT2D eigenvalue weighted by Gasteiger charge is -2.22. The fraction of sp³-hybridized carbons (Fsp3) is 0.0909. The summed E-state index contributed by atoms with van der Waals surface area (Å²) in [4.78, 5) is 32.1. The van der Waals surface area contributed by atoms with E-state index in [9.17, 15) is 9.59 Å². The van der Waals surface area contributed by atoms with E-state index < -0.39 is 0 Å². The summed E-state index contributed by atoms with van der Waals surface area (Å²) >= 11 is 0. The van der Waals surface area contributed by atoms with E-state index in [1.165, 1.54) is 0 Å². The molecule has 0 bridgehead atoms. The molecule has 2 amide bonds. The van der Waals surface area contributed by atoms with Crippen LogP contribution in [0.3, 0.4) is 0 Å². The molecular formula is C33H26N2O3. The number of carbonyl (C=O) groups excluding carboxylic acids is 2. The normalized spacial score (nSPS) is 15.0. The average molecular weight is 499 g/mol. The van der Waals surface area contributed by atoms with E-state index in [0.717, 1.165) is 27.9 Å². The average Bonchev–Trinajstić information content (AvgIpc) is 3.38. The molecule has 5 heteroatoms. The highest BCUT2D eigenvalue weighted by Crippen LogP contribution is 2.50. The number of anilines is 2. The van der Waals surface area contributed by atoms with Crippen LogP contribution in [0.15, 0.2) is 115 Å². The number of nitrogens with zero attached hydrogens (tertiary/aromatic N) is 2. The number of fused-ring (bicyclic) bond motifs is 1. The maximum atomic E-state index is 14.4. The Morgan fingerprint density at radius 3 is 1.66 bits per heavy atom. The number of ether oxygens (including phenoxy) is 1. The Kier molecular flexibility index (Phi) is 5.69. The van der Waals surface area contributed by atoms with Crippen LogP contribution >= 0.6 is 0 Å². The van der Waals surface area contributed by atoms with Crippen molar-refractivity contribution in [1.29, 1.82) is 0 Å². The third kappa shape index (κ3) is 3.63. The summed E-state index contributed by atoms with van der Waals surface area (Å²) in [5.41, 5.74) is 7.20. The van der Waals surface area contributed by atoms with Gasteiger partial charge in [-0.2, -0.15) is 0 Å². The first-order valence-electron chi connectivity index (χ1n) is 12.5. The van der Waals surface area contributed by atoms with Crippen LogP contribution in [0, 0.1) is 13.8 Å². The molecule has 0 atom stereocenters. The van der Waals surface area contributed by atoms with Crippen molar-refractivity contribution in [3.05, 3.63) is 137 Å². The molecule has 0 unspecified atom stereocenters. The Morgan fingerprint density at radius 2 is 1.13 bits per heavy atom. The van der Waals surface area contributed by atoms with Crippen LogP contribution in [-0.4, -0.2) is 18.9 Å². The first-order chi connectivity index (χ1) is 18.5. The second kappa shape index (κ2) is 9.20. The summed E-state index contributed by atoms with van der Waals surface area (Å²) in [7, 11) is 1.61. The van der Waals surface area contributed by atoms with Gasteiger partial charge in [-0.15, -0.1) is 0 Å². The fourth-order valence-corrected chi connectivity index (χ4v) is 5.30. The molecule has 0 N–H and O–H groups in total. The highest BCUT2D eigenvalue weighted by atomic mass is 16.5. The van der Waals surface area contributed by atoms with Gasteiger partial charge in [0.1, 0.15) is 5.75 Å². The number of hydrogen-bond acceptors (Lipinski definition) is 3. The van der Waals surface area contributed by atoms with Crippen molar-refractivity contribution in [1.82, 2.24) is 0 Å². The zero-order chi connectivity index (χ0) is 26.4. The lowest BCUT2D eigenvalue weighted by atomic mass is 10.0. The number of benzene rings is 4. The molecule has 0 aromatic heterocycles. The topological polar surface area (TPSA) is 49.9 Å². The molecule has 4 aromatic rings. The van der Waals surface area contributed by atoms with Gasteiger partial charge in [-0.1, -0.05) is 78.4 Å². The molecule has 0 saturated carbocycles. The Labute approximate surface area is 221 Å². The Morgan fingerprint density at radius 1 is 0.605 bits per heavy atom. The van der Waals surface area contributed by atoms with Crippen LogP contribution in [0.5, 0.6) is 5.75 Å². The monoisotopic (exact) mass is 498 g/mol. The van der Waals surface area contributed by atoms with Crippen LogP contribution < -0.4 is 14.5 Å². The summed E-state index contributed by atoms with van der Waals surface area (Å²) in [6, 6.07) is 32.5. The SMILES string of the molecule is COc1ccc(N2C(=O)C(c3ccccc3)=C3C2=C(c2ccccc2)C(=O)N3c2ccc(C)cc2C)cc1. The predicted molar refractivity (Wildman–Crippen MR) is 151 cm³/mol. The summed E-state index contributed by atoms with van der Waals surface area (Å²) in [6.45, 7) is 4.03. The molecule has 0 fully saturated rings. The maximum Gasteiger partial charge on any atom is 0.265 e. The predicted octanol–water partition coefficient (Wildman–Crippen LogP) is 6.53. The van der Waals surface area contributed by atoms with Crippen molar-refractivity contribution < 1.29 is 14.3 Å². The number of amides is 2. The Bertz CT molecular complexity index is 1640. The van der Waals surface area contributed by atoms with Crippen LogP contribution in [0.1, 0.15) is 22.3 Å². The van der Waals surface area contributed by atoms with Gasteiger partial charge in [0, 0.05) is 5.69 Å². The number of rotatable bonds is 5. The molecule has 2 aliphatic rings. The third-order valence-electron chi connectivity index (χ3n) is 7.03. The van der Waals surface area contributed by atoms with E-state index in [0.29, 0.717) is 34.0 Å². The van der Waals surface area contributed by atoms with Crippen molar-refractivity contribution >= 4 is 34.3 Å². The van der Waals surface area contributed by atoms with Gasteiger partial charge in [0.25, 0.3) is 11.8 Å². The van der Waals surface area contributed by atoms with Crippen LogP contribution in [0.2, 0.25) is 0 Å². The maximum absolute atomic E-state index is 14.4. The van der Waals surface area contributed by atoms with Crippen LogP contribution in [-0.2, 0) is 9.59 Å². The van der Waals surface area contributed by atoms with Gasteiger partial charge in [-0.05, 0) is 60.9 Å². The van der Waals surface area contributed by atoms with Gasteiger partial charge in [0.2, 0.25) is 0 Å². The van der Waals surface area contributed by atoms with E-state index in [1.54, 1.807) is 16.9 Å². The van der Waals surface area contributed by atoms with E-state index in [4.69, 9.17) is 4.74 Å². The third-order valence-corrected chi connectivity index (χ3v) is 7.03. The second-order valence-corrected chi connectivity index (χ2v) is 9.45. The van der Waals surface area contributed by atoms with Gasteiger partial charge in [-0.3, -0.25) is 19.4 Å². The van der Waals surface area contributed by atoms with Crippen molar-refractivity contribution in [2.75, 3.05) is 16.9 Å².